The van der Waals surface area contributed by atoms with Gasteiger partial charge < -0.3 is 15.0 Å². The largest absolute Gasteiger partial charge is 0.444 e. The van der Waals surface area contributed by atoms with E-state index in [9.17, 15) is 9.59 Å². The second-order valence-corrected chi connectivity index (χ2v) is 6.43. The summed E-state index contributed by atoms with van der Waals surface area (Å²) < 4.78 is 5.34. The van der Waals surface area contributed by atoms with E-state index >= 15 is 0 Å². The van der Waals surface area contributed by atoms with E-state index in [2.05, 4.69) is 20.6 Å². The first kappa shape index (κ1) is 17.0. The molecular weight excluding hydrogens is 298 g/mol. The molecule has 1 aliphatic rings. The number of carbonyl (C=O) groups excluding carboxylic acids is 2. The normalized spacial score (nSPS) is 15.9. The lowest BCUT2D eigenvalue weighted by atomic mass is 10.1. The summed E-state index contributed by atoms with van der Waals surface area (Å²) in [5, 5.41) is 5.50. The van der Waals surface area contributed by atoms with Gasteiger partial charge in [-0.05, 0) is 33.6 Å². The average molecular weight is 321 g/mol. The van der Waals surface area contributed by atoms with E-state index in [0.717, 1.165) is 0 Å². The van der Waals surface area contributed by atoms with Gasteiger partial charge in [-0.25, -0.2) is 14.6 Å². The molecule has 1 aromatic rings. The molecule has 3 amide bonds. The third-order valence-corrected chi connectivity index (χ3v) is 3.29. The average Bonchev–Trinajstić information content (AvgIpc) is 2.47. The summed E-state index contributed by atoms with van der Waals surface area (Å²) in [6.45, 7) is 6.65. The van der Waals surface area contributed by atoms with Gasteiger partial charge in [0.1, 0.15) is 5.60 Å². The number of ether oxygens (including phenoxy) is 1. The first-order valence-corrected chi connectivity index (χ1v) is 7.65. The number of carbonyl (C=O) groups is 2. The van der Waals surface area contributed by atoms with Crippen LogP contribution in [0.15, 0.2) is 18.6 Å². The Labute approximate surface area is 135 Å². The monoisotopic (exact) mass is 321 g/mol. The summed E-state index contributed by atoms with van der Waals surface area (Å²) >= 11 is 0. The quantitative estimate of drug-likeness (QED) is 0.868. The number of anilines is 1. The Hall–Kier alpha value is -2.38. The predicted molar refractivity (Wildman–Crippen MR) is 85.0 cm³/mol. The van der Waals surface area contributed by atoms with Gasteiger partial charge in [0.25, 0.3) is 0 Å². The Morgan fingerprint density at radius 2 is 1.96 bits per heavy atom. The van der Waals surface area contributed by atoms with Crippen molar-refractivity contribution in [2.24, 2.45) is 0 Å². The first-order valence-electron chi connectivity index (χ1n) is 7.65. The number of nitrogens with zero attached hydrogens (tertiary/aromatic N) is 3. The number of aromatic nitrogens is 2. The van der Waals surface area contributed by atoms with Crippen molar-refractivity contribution in [3.63, 3.8) is 0 Å². The molecule has 23 heavy (non-hydrogen) atoms. The van der Waals surface area contributed by atoms with Gasteiger partial charge in [-0.15, -0.1) is 0 Å². The number of amides is 3. The third-order valence-electron chi connectivity index (χ3n) is 3.29. The van der Waals surface area contributed by atoms with Crippen molar-refractivity contribution in [2.45, 2.75) is 45.3 Å². The minimum atomic E-state index is -0.497. The van der Waals surface area contributed by atoms with E-state index in [1.807, 2.05) is 20.8 Å². The maximum atomic E-state index is 12.0. The van der Waals surface area contributed by atoms with E-state index in [4.69, 9.17) is 4.74 Å². The number of urea groups is 1. The van der Waals surface area contributed by atoms with Crippen molar-refractivity contribution >= 4 is 17.9 Å². The van der Waals surface area contributed by atoms with Gasteiger partial charge in [-0.1, -0.05) is 0 Å². The first-order chi connectivity index (χ1) is 10.8. The molecule has 0 spiro atoms. The van der Waals surface area contributed by atoms with E-state index < -0.39 is 5.60 Å². The van der Waals surface area contributed by atoms with Crippen molar-refractivity contribution in [3.05, 3.63) is 18.6 Å². The zero-order valence-corrected chi connectivity index (χ0v) is 13.7. The molecule has 1 saturated heterocycles. The summed E-state index contributed by atoms with van der Waals surface area (Å²) in [6, 6.07) is -0.299. The fourth-order valence-corrected chi connectivity index (χ4v) is 2.23. The highest BCUT2D eigenvalue weighted by Gasteiger charge is 2.27. The van der Waals surface area contributed by atoms with E-state index in [0.29, 0.717) is 31.7 Å². The van der Waals surface area contributed by atoms with E-state index in [1.54, 1.807) is 4.90 Å². The smallest absolute Gasteiger partial charge is 0.410 e. The maximum absolute atomic E-state index is 12.0. The number of nitrogens with one attached hydrogen (secondary N) is 2. The molecule has 2 rings (SSSR count). The van der Waals surface area contributed by atoms with Crippen molar-refractivity contribution in [3.8, 4) is 0 Å². The highest BCUT2D eigenvalue weighted by Crippen LogP contribution is 2.15. The number of piperidine rings is 1. The van der Waals surface area contributed by atoms with Gasteiger partial charge in [0.15, 0.2) is 5.82 Å². The second-order valence-electron chi connectivity index (χ2n) is 6.43. The molecule has 0 bridgehead atoms. The van der Waals surface area contributed by atoms with Crippen LogP contribution in [0.1, 0.15) is 33.6 Å². The van der Waals surface area contributed by atoms with Gasteiger partial charge in [-0.3, -0.25) is 10.3 Å². The molecule has 2 heterocycles. The van der Waals surface area contributed by atoms with Crippen LogP contribution < -0.4 is 10.6 Å². The van der Waals surface area contributed by atoms with Gasteiger partial charge in [-0.2, -0.15) is 0 Å². The van der Waals surface area contributed by atoms with Crippen LogP contribution >= 0.6 is 0 Å². The second kappa shape index (κ2) is 7.26. The predicted octanol–water partition coefficient (Wildman–Crippen LogP) is 2.00. The van der Waals surface area contributed by atoms with E-state index in [1.165, 1.54) is 18.6 Å². The van der Waals surface area contributed by atoms with Crippen molar-refractivity contribution < 1.29 is 14.3 Å². The standard InChI is InChI=1S/C15H23N5O3/c1-15(2,3)23-14(22)20-8-4-11(5-9-20)18-13(21)19-12-10-16-6-7-17-12/h6-7,10-11H,4-5,8-9H2,1-3H3,(H2,17,18,19,21). The molecule has 1 fully saturated rings. The zero-order chi connectivity index (χ0) is 16.9. The Morgan fingerprint density at radius 1 is 1.26 bits per heavy atom. The molecule has 126 valence electrons. The SMILES string of the molecule is CC(C)(C)OC(=O)N1CCC(NC(=O)Nc2cnccn2)CC1. The van der Waals surface area contributed by atoms with Crippen LogP contribution in [-0.4, -0.2) is 51.7 Å². The van der Waals surface area contributed by atoms with Crippen LogP contribution in [-0.2, 0) is 4.74 Å². The lowest BCUT2D eigenvalue weighted by molar-refractivity contribution is 0.0202. The lowest BCUT2D eigenvalue weighted by Crippen LogP contribution is -2.48. The minimum Gasteiger partial charge on any atom is -0.444 e. The zero-order valence-electron chi connectivity index (χ0n) is 13.7. The summed E-state index contributed by atoms with van der Waals surface area (Å²) in [7, 11) is 0. The number of rotatable bonds is 2. The van der Waals surface area contributed by atoms with E-state index in [-0.39, 0.29) is 18.2 Å². The van der Waals surface area contributed by atoms with Gasteiger partial charge in [0.2, 0.25) is 0 Å². The fourth-order valence-electron chi connectivity index (χ4n) is 2.23. The fraction of sp³-hybridized carbons (Fsp3) is 0.600. The Morgan fingerprint density at radius 3 is 2.52 bits per heavy atom. The summed E-state index contributed by atoms with van der Waals surface area (Å²) in [5.41, 5.74) is -0.497. The molecule has 8 nitrogen and oxygen atoms in total. The van der Waals surface area contributed by atoms with Crippen molar-refractivity contribution in [2.75, 3.05) is 18.4 Å². The van der Waals surface area contributed by atoms with Crippen LogP contribution in [0.3, 0.4) is 0 Å². The highest BCUT2D eigenvalue weighted by atomic mass is 16.6. The summed E-state index contributed by atoms with van der Waals surface area (Å²) in [4.78, 5) is 33.4. The Bertz CT molecular complexity index is 536. The molecule has 0 unspecified atom stereocenters. The molecule has 1 aromatic heterocycles. The summed E-state index contributed by atoms with van der Waals surface area (Å²) in [5.74, 6) is 0.399. The molecule has 0 atom stereocenters. The van der Waals surface area contributed by atoms with Crippen LogP contribution in [0, 0.1) is 0 Å². The lowest BCUT2D eigenvalue weighted by Gasteiger charge is -2.33. The van der Waals surface area contributed by atoms with Crippen LogP contribution in [0.4, 0.5) is 15.4 Å². The maximum Gasteiger partial charge on any atom is 0.410 e. The summed E-state index contributed by atoms with van der Waals surface area (Å²) in [6.07, 6.45) is 5.59. The molecule has 0 saturated carbocycles. The number of hydrogen-bond acceptors (Lipinski definition) is 5. The van der Waals surface area contributed by atoms with Crippen LogP contribution in [0.5, 0.6) is 0 Å². The Balaban J connectivity index is 1.74. The van der Waals surface area contributed by atoms with Gasteiger partial charge in [0, 0.05) is 31.5 Å². The van der Waals surface area contributed by atoms with Crippen LogP contribution in [0.2, 0.25) is 0 Å². The number of hydrogen-bond donors (Lipinski definition) is 2. The van der Waals surface area contributed by atoms with Crippen molar-refractivity contribution in [1.82, 2.24) is 20.2 Å². The van der Waals surface area contributed by atoms with Crippen molar-refractivity contribution in [1.29, 1.82) is 0 Å². The van der Waals surface area contributed by atoms with Gasteiger partial charge in [0.05, 0.1) is 6.20 Å². The molecular formula is C15H23N5O3. The third kappa shape index (κ3) is 5.72. The minimum absolute atomic E-state index is 0.0189. The highest BCUT2D eigenvalue weighted by molar-refractivity contribution is 5.88. The topological polar surface area (TPSA) is 96.5 Å². The van der Waals surface area contributed by atoms with Gasteiger partial charge >= 0.3 is 12.1 Å². The molecule has 0 aliphatic carbocycles. The van der Waals surface area contributed by atoms with Crippen LogP contribution in [0.25, 0.3) is 0 Å². The molecule has 2 N–H and O–H groups in total. The molecule has 0 radical (unpaired) electrons. The Kier molecular flexibility index (Phi) is 5.36. The number of likely N-dealkylation sites (tertiary alicyclic amines) is 1. The molecule has 1 aliphatic heterocycles. The molecule has 8 heteroatoms. The molecule has 0 aromatic carbocycles.